The van der Waals surface area contributed by atoms with Crippen LogP contribution in [0.3, 0.4) is 0 Å². The molecule has 6 nitrogen and oxygen atoms in total. The zero-order chi connectivity index (χ0) is 19.6. The maximum absolute atomic E-state index is 12.8. The Balaban J connectivity index is 2.08. The lowest BCUT2D eigenvalue weighted by molar-refractivity contribution is 0.563. The highest BCUT2D eigenvalue weighted by Crippen LogP contribution is 2.30. The zero-order valence-corrected chi connectivity index (χ0v) is 16.3. The third-order valence-corrected chi connectivity index (χ3v) is 5.63. The molecule has 0 aliphatic heterocycles. The number of fused-ring (bicyclic) bond motifs is 1. The molecular formula is C20H22N2O4S. The van der Waals surface area contributed by atoms with E-state index in [4.69, 9.17) is 4.42 Å². The van der Waals surface area contributed by atoms with Gasteiger partial charge in [-0.1, -0.05) is 38.1 Å². The molecule has 142 valence electrons. The molecule has 0 aliphatic rings. The van der Waals surface area contributed by atoms with Gasteiger partial charge in [-0.3, -0.25) is 4.72 Å². The van der Waals surface area contributed by atoms with Crippen LogP contribution in [-0.4, -0.2) is 15.0 Å². The summed E-state index contributed by atoms with van der Waals surface area (Å²) in [6, 6.07) is 13.6. The summed E-state index contributed by atoms with van der Waals surface area (Å²) in [5, 5.41) is 3.70. The van der Waals surface area contributed by atoms with Gasteiger partial charge in [0.05, 0.1) is 10.6 Å². The zero-order valence-electron chi connectivity index (χ0n) is 15.4. The molecule has 1 heterocycles. The summed E-state index contributed by atoms with van der Waals surface area (Å²) >= 11 is 0. The molecule has 0 radical (unpaired) electrons. The Kier molecular flexibility index (Phi) is 5.23. The summed E-state index contributed by atoms with van der Waals surface area (Å²) in [6.07, 6.45) is 0. The molecule has 2 aromatic carbocycles. The first-order chi connectivity index (χ1) is 12.8. The van der Waals surface area contributed by atoms with Gasteiger partial charge < -0.3 is 9.73 Å². The van der Waals surface area contributed by atoms with E-state index < -0.39 is 15.6 Å². The second kappa shape index (κ2) is 7.44. The van der Waals surface area contributed by atoms with Crippen LogP contribution in [0.5, 0.6) is 0 Å². The highest BCUT2D eigenvalue weighted by atomic mass is 32.2. The van der Waals surface area contributed by atoms with Crippen LogP contribution in [0.2, 0.25) is 0 Å². The molecule has 0 spiro atoms. The van der Waals surface area contributed by atoms with Crippen LogP contribution in [0.15, 0.2) is 62.6 Å². The van der Waals surface area contributed by atoms with Gasteiger partial charge in [-0.2, -0.15) is 0 Å². The Morgan fingerprint density at radius 1 is 1.00 bits per heavy atom. The van der Waals surface area contributed by atoms with Crippen molar-refractivity contribution in [1.29, 1.82) is 0 Å². The van der Waals surface area contributed by atoms with Crippen LogP contribution in [0.25, 0.3) is 11.0 Å². The van der Waals surface area contributed by atoms with E-state index in [0.717, 1.165) is 5.56 Å². The fraction of sp³-hybridized carbons (Fsp3) is 0.250. The topological polar surface area (TPSA) is 88.4 Å². The number of hydrogen-bond acceptors (Lipinski definition) is 5. The summed E-state index contributed by atoms with van der Waals surface area (Å²) in [7, 11) is -3.94. The van der Waals surface area contributed by atoms with Gasteiger partial charge in [0.1, 0.15) is 5.58 Å². The molecule has 0 fully saturated rings. The average Bonchev–Trinajstić information content (AvgIpc) is 2.64. The summed E-state index contributed by atoms with van der Waals surface area (Å²) in [5.41, 5.74) is 0.970. The van der Waals surface area contributed by atoms with Gasteiger partial charge in [0.25, 0.3) is 10.0 Å². The van der Waals surface area contributed by atoms with E-state index in [2.05, 4.69) is 10.0 Å². The van der Waals surface area contributed by atoms with Crippen molar-refractivity contribution in [3.8, 4) is 0 Å². The van der Waals surface area contributed by atoms with Gasteiger partial charge >= 0.3 is 5.63 Å². The maximum Gasteiger partial charge on any atom is 0.363 e. The predicted octanol–water partition coefficient (Wildman–Crippen LogP) is 4.15. The van der Waals surface area contributed by atoms with E-state index in [0.29, 0.717) is 29.1 Å². The van der Waals surface area contributed by atoms with Crippen LogP contribution >= 0.6 is 0 Å². The normalized spacial score (nSPS) is 11.7. The van der Waals surface area contributed by atoms with E-state index in [1.807, 2.05) is 20.8 Å². The Morgan fingerprint density at radius 2 is 1.67 bits per heavy atom. The Morgan fingerprint density at radius 3 is 2.30 bits per heavy atom. The lowest BCUT2D eigenvalue weighted by Gasteiger charge is -2.14. The molecule has 2 N–H and O–H groups in total. The number of nitrogens with one attached hydrogen (secondary N) is 2. The highest BCUT2D eigenvalue weighted by Gasteiger charge is 2.21. The van der Waals surface area contributed by atoms with E-state index in [9.17, 15) is 13.2 Å². The summed E-state index contributed by atoms with van der Waals surface area (Å²) in [6.45, 7) is 6.45. The van der Waals surface area contributed by atoms with E-state index in [-0.39, 0.29) is 10.6 Å². The Labute approximate surface area is 158 Å². The molecule has 0 aliphatic carbocycles. The van der Waals surface area contributed by atoms with E-state index >= 15 is 0 Å². The van der Waals surface area contributed by atoms with Crippen molar-refractivity contribution >= 4 is 32.4 Å². The van der Waals surface area contributed by atoms with Crippen LogP contribution < -0.4 is 15.7 Å². The van der Waals surface area contributed by atoms with Crippen molar-refractivity contribution < 1.29 is 12.8 Å². The fourth-order valence-electron chi connectivity index (χ4n) is 2.83. The first kappa shape index (κ1) is 19.0. The second-order valence-corrected chi connectivity index (χ2v) is 8.18. The third kappa shape index (κ3) is 3.83. The molecule has 1 aromatic heterocycles. The second-order valence-electron chi connectivity index (χ2n) is 6.50. The lowest BCUT2D eigenvalue weighted by Crippen LogP contribution is -2.20. The van der Waals surface area contributed by atoms with Gasteiger partial charge in [0.15, 0.2) is 5.69 Å². The van der Waals surface area contributed by atoms with Crippen molar-refractivity contribution in [3.63, 3.8) is 0 Å². The van der Waals surface area contributed by atoms with Crippen LogP contribution in [0, 0.1) is 0 Å². The van der Waals surface area contributed by atoms with Gasteiger partial charge in [0.2, 0.25) is 0 Å². The van der Waals surface area contributed by atoms with Crippen LogP contribution in [0.1, 0.15) is 32.3 Å². The summed E-state index contributed by atoms with van der Waals surface area (Å²) < 4.78 is 33.3. The Hall–Kier alpha value is -2.80. The molecule has 0 saturated heterocycles. The van der Waals surface area contributed by atoms with Crippen LogP contribution in [0.4, 0.5) is 11.4 Å². The summed E-state index contributed by atoms with van der Waals surface area (Å²) in [5.74, 6) is 0.294. The quantitative estimate of drug-likeness (QED) is 0.621. The van der Waals surface area contributed by atoms with Gasteiger partial charge in [-0.25, -0.2) is 13.2 Å². The van der Waals surface area contributed by atoms with E-state index in [1.165, 1.54) is 12.1 Å². The smallest absolute Gasteiger partial charge is 0.363 e. The molecule has 0 unspecified atom stereocenters. The number of anilines is 2. The first-order valence-electron chi connectivity index (χ1n) is 8.76. The Bertz CT molecular complexity index is 1120. The average molecular weight is 386 g/mol. The van der Waals surface area contributed by atoms with Crippen molar-refractivity contribution in [3.05, 3.63) is 64.5 Å². The predicted molar refractivity (Wildman–Crippen MR) is 108 cm³/mol. The molecule has 27 heavy (non-hydrogen) atoms. The molecule has 3 aromatic rings. The van der Waals surface area contributed by atoms with Crippen molar-refractivity contribution in [2.75, 3.05) is 16.6 Å². The minimum atomic E-state index is -3.94. The maximum atomic E-state index is 12.8. The minimum absolute atomic E-state index is 0.0851. The molecular weight excluding hydrogens is 364 g/mol. The molecule has 0 saturated carbocycles. The van der Waals surface area contributed by atoms with Gasteiger partial charge in [-0.05, 0) is 42.7 Å². The van der Waals surface area contributed by atoms with Gasteiger partial charge in [0, 0.05) is 11.9 Å². The first-order valence-corrected chi connectivity index (χ1v) is 10.2. The third-order valence-electron chi connectivity index (χ3n) is 4.26. The fourth-order valence-corrected chi connectivity index (χ4v) is 3.89. The van der Waals surface area contributed by atoms with Gasteiger partial charge in [-0.15, -0.1) is 0 Å². The van der Waals surface area contributed by atoms with E-state index in [1.54, 1.807) is 36.4 Å². The highest BCUT2D eigenvalue weighted by molar-refractivity contribution is 7.92. The number of rotatable bonds is 6. The largest absolute Gasteiger partial charge is 0.421 e. The molecule has 7 heteroatoms. The van der Waals surface area contributed by atoms with Crippen molar-refractivity contribution in [2.45, 2.75) is 31.6 Å². The minimum Gasteiger partial charge on any atom is -0.421 e. The molecule has 0 atom stereocenters. The number of sulfonamides is 1. The molecule has 0 amide bonds. The van der Waals surface area contributed by atoms with Crippen molar-refractivity contribution in [2.24, 2.45) is 0 Å². The monoisotopic (exact) mass is 386 g/mol. The lowest BCUT2D eigenvalue weighted by atomic mass is 10.0. The number of hydrogen-bond donors (Lipinski definition) is 2. The molecule has 0 bridgehead atoms. The van der Waals surface area contributed by atoms with Crippen molar-refractivity contribution in [1.82, 2.24) is 0 Å². The number of benzene rings is 2. The standard InChI is InChI=1S/C20H22N2O4S/c1-4-21-18-16-7-5-6-8-17(16)26-20(23)19(18)22-27(24,25)15-11-9-14(10-12-15)13(2)3/h5-13,21-22H,4H2,1-3H3. The number of para-hydroxylation sites is 1. The SMILES string of the molecule is CCNc1c(NS(=O)(=O)c2ccc(C(C)C)cc2)c(=O)oc2ccccc12. The summed E-state index contributed by atoms with van der Waals surface area (Å²) in [4.78, 5) is 12.5. The molecule has 3 rings (SSSR count). The van der Waals surface area contributed by atoms with Crippen LogP contribution in [-0.2, 0) is 10.0 Å².